The van der Waals surface area contributed by atoms with Gasteiger partial charge in [0, 0.05) is 20.9 Å². The molecule has 2 aromatic heterocycles. The lowest BCUT2D eigenvalue weighted by Gasteiger charge is -2.56. The van der Waals surface area contributed by atoms with Crippen LogP contribution in [-0.2, 0) is 11.8 Å². The topological polar surface area (TPSA) is 0 Å². The summed E-state index contributed by atoms with van der Waals surface area (Å²) in [4.78, 5) is 2.39. The number of hydrogen-bond donors (Lipinski definition) is 0. The Kier molecular flexibility index (Phi) is 9.26. The van der Waals surface area contributed by atoms with E-state index >= 15 is 0 Å². The molecule has 0 N–H and O–H groups in total. The molecule has 2 unspecified atom stereocenters. The van der Waals surface area contributed by atoms with Gasteiger partial charge in [0.05, 0.1) is 4.88 Å². The van der Waals surface area contributed by atoms with E-state index in [1.165, 1.54) is 83.4 Å². The zero-order valence-corrected chi connectivity index (χ0v) is 27.7. The lowest BCUT2D eigenvalue weighted by Crippen LogP contribution is -2.51. The Balaban J connectivity index is 1.61. The third-order valence-electron chi connectivity index (χ3n) is 10.2. The molecule has 41 heavy (non-hydrogen) atoms. The number of halogens is 3. The molecule has 5 heteroatoms. The summed E-state index contributed by atoms with van der Waals surface area (Å²) in [6.45, 7) is 2.36. The summed E-state index contributed by atoms with van der Waals surface area (Å²) < 4.78 is 0. The first-order chi connectivity index (χ1) is 20.0. The van der Waals surface area contributed by atoms with Crippen molar-refractivity contribution in [2.24, 2.45) is 11.3 Å². The van der Waals surface area contributed by atoms with Crippen molar-refractivity contribution >= 4 is 57.5 Å². The maximum Gasteiger partial charge on any atom is 0.111 e. The van der Waals surface area contributed by atoms with E-state index in [0.717, 1.165) is 24.3 Å². The maximum atomic E-state index is 6.90. The van der Waals surface area contributed by atoms with Crippen molar-refractivity contribution in [1.29, 1.82) is 0 Å². The molecule has 2 saturated carbocycles. The molecule has 0 nitrogen and oxygen atoms in total. The summed E-state index contributed by atoms with van der Waals surface area (Å²) in [7, 11) is 0. The van der Waals surface area contributed by atoms with Gasteiger partial charge in [-0.3, -0.25) is 0 Å². The minimum atomic E-state index is -0.326. The number of hydrogen-bond acceptors (Lipinski definition) is 2. The van der Waals surface area contributed by atoms with Crippen LogP contribution in [0.2, 0.25) is 5.02 Å². The van der Waals surface area contributed by atoms with Gasteiger partial charge < -0.3 is 0 Å². The van der Waals surface area contributed by atoms with E-state index in [2.05, 4.69) is 66.2 Å². The van der Waals surface area contributed by atoms with Crippen molar-refractivity contribution in [2.45, 2.75) is 87.8 Å². The van der Waals surface area contributed by atoms with Crippen LogP contribution in [0.5, 0.6) is 0 Å². The van der Waals surface area contributed by atoms with E-state index in [-0.39, 0.29) is 15.7 Å². The molecule has 0 radical (unpaired) electrons. The number of rotatable bonds is 9. The smallest absolute Gasteiger partial charge is 0.111 e. The Morgan fingerprint density at radius 2 is 1.63 bits per heavy atom. The van der Waals surface area contributed by atoms with E-state index in [1.807, 2.05) is 34.8 Å². The molecule has 0 saturated heterocycles. The van der Waals surface area contributed by atoms with Crippen LogP contribution in [0.1, 0.15) is 87.8 Å². The third kappa shape index (κ3) is 5.46. The third-order valence-corrected chi connectivity index (χ3v) is 13.0. The standard InChI is InChI=1S/C36H39Cl3S2/c1-2-18-35(21-7-11-31(35)34(38)39)36(19-4-3-5-20-36)30-10-6-9-27(29(30)24-25-13-15-26(37)16-14-25)28-17-23-41-33(28)32-12-8-22-40-32/h6,8-10,12-17,22-23,31,34H,2-5,7,11,18-21,24H2,1H3. The second-order valence-corrected chi connectivity index (χ2v) is 15.6. The lowest BCUT2D eigenvalue weighted by atomic mass is 9.48. The molecule has 2 aliphatic rings. The van der Waals surface area contributed by atoms with Crippen molar-refractivity contribution in [3.63, 3.8) is 0 Å². The summed E-state index contributed by atoms with van der Waals surface area (Å²) in [5.41, 5.74) is 7.27. The van der Waals surface area contributed by atoms with Crippen LogP contribution in [0, 0.1) is 11.3 Å². The minimum Gasteiger partial charge on any atom is -0.143 e. The molecule has 2 aromatic carbocycles. The average Bonchev–Trinajstić information content (AvgIpc) is 3.76. The Labute approximate surface area is 269 Å². The molecule has 216 valence electrons. The average molecular weight is 642 g/mol. The predicted octanol–water partition coefficient (Wildman–Crippen LogP) is 13.0. The molecule has 2 atom stereocenters. The van der Waals surface area contributed by atoms with Crippen molar-refractivity contribution in [2.75, 3.05) is 0 Å². The highest BCUT2D eigenvalue weighted by atomic mass is 35.5. The molecule has 2 aliphatic carbocycles. The highest BCUT2D eigenvalue weighted by Crippen LogP contribution is 2.66. The van der Waals surface area contributed by atoms with Gasteiger partial charge in [-0.2, -0.15) is 0 Å². The first-order valence-corrected chi connectivity index (χ1v) is 18.3. The highest BCUT2D eigenvalue weighted by molar-refractivity contribution is 7.20. The van der Waals surface area contributed by atoms with E-state index in [9.17, 15) is 0 Å². The van der Waals surface area contributed by atoms with Crippen molar-refractivity contribution in [1.82, 2.24) is 0 Å². The Hall–Kier alpha value is -1.29. The van der Waals surface area contributed by atoms with Crippen LogP contribution in [0.15, 0.2) is 71.4 Å². The Morgan fingerprint density at radius 1 is 0.829 bits per heavy atom. The lowest BCUT2D eigenvalue weighted by molar-refractivity contribution is 0.0244. The van der Waals surface area contributed by atoms with Crippen LogP contribution in [0.4, 0.5) is 0 Å². The van der Waals surface area contributed by atoms with Crippen molar-refractivity contribution in [3.05, 3.63) is 93.1 Å². The maximum absolute atomic E-state index is 6.90. The summed E-state index contributed by atoms with van der Waals surface area (Å²) in [5, 5.41) is 5.23. The molecule has 0 amide bonds. The minimum absolute atomic E-state index is 0.0708. The van der Waals surface area contributed by atoms with Gasteiger partial charge in [0.15, 0.2) is 0 Å². The molecule has 4 aromatic rings. The van der Waals surface area contributed by atoms with E-state index < -0.39 is 0 Å². The first-order valence-electron chi connectivity index (χ1n) is 15.3. The van der Waals surface area contributed by atoms with E-state index in [1.54, 1.807) is 5.56 Å². The molecule has 2 heterocycles. The quantitative estimate of drug-likeness (QED) is 0.160. The molecular weight excluding hydrogens is 603 g/mol. The largest absolute Gasteiger partial charge is 0.143 e. The predicted molar refractivity (Wildman–Crippen MR) is 182 cm³/mol. The van der Waals surface area contributed by atoms with Gasteiger partial charge in [0.2, 0.25) is 0 Å². The first kappa shape index (κ1) is 29.8. The Morgan fingerprint density at radius 3 is 2.34 bits per heavy atom. The fourth-order valence-corrected chi connectivity index (χ4v) is 11.3. The molecule has 0 bridgehead atoms. The zero-order chi connectivity index (χ0) is 28.5. The summed E-state index contributed by atoms with van der Waals surface area (Å²) >= 11 is 23.8. The molecule has 2 fully saturated rings. The van der Waals surface area contributed by atoms with Crippen LogP contribution in [-0.4, -0.2) is 4.84 Å². The number of thiophene rings is 2. The van der Waals surface area contributed by atoms with Gasteiger partial charge >= 0.3 is 0 Å². The zero-order valence-electron chi connectivity index (χ0n) is 23.8. The summed E-state index contributed by atoms with van der Waals surface area (Å²) in [6, 6.07) is 22.4. The van der Waals surface area contributed by atoms with E-state index in [0.29, 0.717) is 5.92 Å². The van der Waals surface area contributed by atoms with Crippen molar-refractivity contribution < 1.29 is 0 Å². The highest BCUT2D eigenvalue weighted by Gasteiger charge is 2.59. The normalized spacial score (nSPS) is 22.4. The number of benzene rings is 2. The molecule has 6 rings (SSSR count). The SMILES string of the molecule is CCCC1(C2(c3cccc(-c4ccsc4-c4cccs4)c3Cc3ccc(Cl)cc3)CCCCC2)CCCC1C(Cl)Cl. The second kappa shape index (κ2) is 12.7. The fraction of sp³-hybridized carbons (Fsp3) is 0.444. The van der Waals surface area contributed by atoms with E-state index in [4.69, 9.17) is 34.8 Å². The monoisotopic (exact) mass is 640 g/mol. The van der Waals surface area contributed by atoms with Crippen LogP contribution >= 0.6 is 57.5 Å². The van der Waals surface area contributed by atoms with Gasteiger partial charge in [0.1, 0.15) is 4.84 Å². The molecular formula is C36H39Cl3S2. The van der Waals surface area contributed by atoms with Gasteiger partial charge in [-0.1, -0.05) is 87.0 Å². The van der Waals surface area contributed by atoms with Crippen LogP contribution in [0.3, 0.4) is 0 Å². The number of alkyl halides is 2. The summed E-state index contributed by atoms with van der Waals surface area (Å²) in [6.07, 6.45) is 13.2. The van der Waals surface area contributed by atoms with Gasteiger partial charge in [-0.25, -0.2) is 0 Å². The second-order valence-electron chi connectivity index (χ2n) is 12.2. The van der Waals surface area contributed by atoms with Gasteiger partial charge in [-0.15, -0.1) is 45.9 Å². The summed E-state index contributed by atoms with van der Waals surface area (Å²) in [5.74, 6) is 0.332. The van der Waals surface area contributed by atoms with Gasteiger partial charge in [0.25, 0.3) is 0 Å². The fourth-order valence-electron chi connectivity index (χ4n) is 8.65. The van der Waals surface area contributed by atoms with Gasteiger partial charge in [-0.05, 0) is 107 Å². The van der Waals surface area contributed by atoms with Crippen LogP contribution in [0.25, 0.3) is 20.9 Å². The Bertz CT molecular complexity index is 1430. The molecule has 0 spiro atoms. The van der Waals surface area contributed by atoms with Crippen molar-refractivity contribution in [3.8, 4) is 20.9 Å². The van der Waals surface area contributed by atoms with Crippen LogP contribution < -0.4 is 0 Å². The molecule has 0 aliphatic heterocycles.